The third kappa shape index (κ3) is 4.00. The largest absolute Gasteiger partial charge is 0.368 e. The Bertz CT molecular complexity index is 985. The smallest absolute Gasteiger partial charge is 0.251 e. The average molecular weight is 417 g/mol. The molecule has 2 aliphatic heterocycles. The van der Waals surface area contributed by atoms with E-state index < -0.39 is 10.0 Å². The quantitative estimate of drug-likeness (QED) is 0.726. The molecular formula is C19H23N5O4S. The van der Waals surface area contributed by atoms with E-state index in [0.29, 0.717) is 31.2 Å². The number of ether oxygens (including phenoxy) is 1. The molecule has 2 aliphatic rings. The van der Waals surface area contributed by atoms with Gasteiger partial charge in [0, 0.05) is 50.7 Å². The summed E-state index contributed by atoms with van der Waals surface area (Å²) < 4.78 is 33.0. The van der Waals surface area contributed by atoms with Crippen LogP contribution in [0.3, 0.4) is 0 Å². The molecule has 2 fully saturated rings. The van der Waals surface area contributed by atoms with Crippen LogP contribution in [0.1, 0.15) is 18.5 Å². The number of carbonyl (C=O) groups excluding carboxylic acids is 1. The van der Waals surface area contributed by atoms with Gasteiger partial charge in [0.05, 0.1) is 11.9 Å². The first-order valence-electron chi connectivity index (χ1n) is 9.61. The number of amides is 1. The second-order valence-electron chi connectivity index (χ2n) is 7.11. The van der Waals surface area contributed by atoms with Crippen molar-refractivity contribution in [3.05, 3.63) is 36.4 Å². The van der Waals surface area contributed by atoms with Crippen LogP contribution in [0.5, 0.6) is 0 Å². The van der Waals surface area contributed by atoms with Gasteiger partial charge in [-0.1, -0.05) is 0 Å². The Morgan fingerprint density at radius 3 is 2.52 bits per heavy atom. The minimum absolute atomic E-state index is 0.0410. The summed E-state index contributed by atoms with van der Waals surface area (Å²) in [5, 5.41) is 0. The normalized spacial score (nSPS) is 20.7. The Kier molecular flexibility index (Phi) is 5.57. The molecule has 2 aromatic rings. The highest BCUT2D eigenvalue weighted by molar-refractivity contribution is 7.89. The van der Waals surface area contributed by atoms with E-state index >= 15 is 0 Å². The van der Waals surface area contributed by atoms with E-state index in [1.807, 2.05) is 0 Å². The summed E-state index contributed by atoms with van der Waals surface area (Å²) >= 11 is 0. The molecule has 10 heteroatoms. The fourth-order valence-electron chi connectivity index (χ4n) is 3.61. The summed E-state index contributed by atoms with van der Waals surface area (Å²) in [5.41, 5.74) is 1.16. The first-order chi connectivity index (χ1) is 14.0. The predicted molar refractivity (Wildman–Crippen MR) is 104 cm³/mol. The molecule has 4 rings (SSSR count). The van der Waals surface area contributed by atoms with Crippen LogP contribution in [-0.2, 0) is 19.6 Å². The fourth-order valence-corrected chi connectivity index (χ4v) is 5.14. The monoisotopic (exact) mass is 417 g/mol. The van der Waals surface area contributed by atoms with Crippen LogP contribution in [0.25, 0.3) is 11.4 Å². The van der Waals surface area contributed by atoms with E-state index in [0.717, 1.165) is 18.4 Å². The maximum Gasteiger partial charge on any atom is 0.251 e. The lowest BCUT2D eigenvalue weighted by molar-refractivity contribution is -0.142. The standard InChI is InChI=1S/C19H23N5O4S/c1-14-17(13-21-18(22-14)15-4-6-20-7-5-15)29(26,27)24-10-8-23(9-11-24)19(25)16-3-2-12-28-16/h4-7,13,16H,2-3,8-12H2,1H3. The van der Waals surface area contributed by atoms with E-state index in [4.69, 9.17) is 4.74 Å². The van der Waals surface area contributed by atoms with Crippen LogP contribution in [0.4, 0.5) is 0 Å². The lowest BCUT2D eigenvalue weighted by atomic mass is 10.2. The van der Waals surface area contributed by atoms with Gasteiger partial charge in [-0.25, -0.2) is 18.4 Å². The number of carbonyl (C=O) groups is 1. The van der Waals surface area contributed by atoms with Crippen molar-refractivity contribution in [2.45, 2.75) is 30.8 Å². The number of piperazine rings is 1. The molecule has 0 spiro atoms. The van der Waals surface area contributed by atoms with Crippen LogP contribution in [-0.4, -0.2) is 77.4 Å². The number of rotatable bonds is 4. The second-order valence-corrected chi connectivity index (χ2v) is 9.02. The molecule has 154 valence electrons. The molecule has 1 unspecified atom stereocenters. The molecule has 0 N–H and O–H groups in total. The maximum atomic E-state index is 13.1. The Morgan fingerprint density at radius 1 is 1.17 bits per heavy atom. The van der Waals surface area contributed by atoms with E-state index in [1.54, 1.807) is 36.4 Å². The van der Waals surface area contributed by atoms with Gasteiger partial charge < -0.3 is 9.64 Å². The van der Waals surface area contributed by atoms with Crippen molar-refractivity contribution in [1.29, 1.82) is 0 Å². The Hall–Kier alpha value is -2.43. The van der Waals surface area contributed by atoms with Crippen molar-refractivity contribution < 1.29 is 17.9 Å². The van der Waals surface area contributed by atoms with Crippen LogP contribution >= 0.6 is 0 Å². The minimum Gasteiger partial charge on any atom is -0.368 e. The van der Waals surface area contributed by atoms with Crippen molar-refractivity contribution in [2.24, 2.45) is 0 Å². The summed E-state index contributed by atoms with van der Waals surface area (Å²) in [5.74, 6) is 0.414. The number of sulfonamides is 1. The lowest BCUT2D eigenvalue weighted by Crippen LogP contribution is -2.52. The Balaban J connectivity index is 1.47. The molecule has 4 heterocycles. The summed E-state index contributed by atoms with van der Waals surface area (Å²) in [7, 11) is -3.73. The van der Waals surface area contributed by atoms with Crippen LogP contribution in [0.2, 0.25) is 0 Å². The summed E-state index contributed by atoms with van der Waals surface area (Å²) in [6.45, 7) is 3.47. The molecule has 29 heavy (non-hydrogen) atoms. The van der Waals surface area contributed by atoms with E-state index in [1.165, 1.54) is 10.5 Å². The third-order valence-electron chi connectivity index (χ3n) is 5.25. The van der Waals surface area contributed by atoms with Gasteiger partial charge in [-0.15, -0.1) is 0 Å². The van der Waals surface area contributed by atoms with Gasteiger partial charge in [-0.3, -0.25) is 9.78 Å². The molecule has 1 atom stereocenters. The first kappa shape index (κ1) is 19.9. The van der Waals surface area contributed by atoms with E-state index in [2.05, 4.69) is 15.0 Å². The second kappa shape index (κ2) is 8.13. The van der Waals surface area contributed by atoms with Crippen molar-refractivity contribution in [2.75, 3.05) is 32.8 Å². The van der Waals surface area contributed by atoms with Gasteiger partial charge in [-0.2, -0.15) is 4.31 Å². The zero-order valence-electron chi connectivity index (χ0n) is 16.2. The molecule has 1 amide bonds. The minimum atomic E-state index is -3.73. The third-order valence-corrected chi connectivity index (χ3v) is 7.25. The molecule has 0 saturated carbocycles. The Labute approximate surface area is 169 Å². The highest BCUT2D eigenvalue weighted by Gasteiger charge is 2.34. The Morgan fingerprint density at radius 2 is 1.90 bits per heavy atom. The van der Waals surface area contributed by atoms with Crippen molar-refractivity contribution >= 4 is 15.9 Å². The fraction of sp³-hybridized carbons (Fsp3) is 0.474. The van der Waals surface area contributed by atoms with Gasteiger partial charge in [0.25, 0.3) is 5.91 Å². The zero-order chi connectivity index (χ0) is 20.4. The predicted octanol–water partition coefficient (Wildman–Crippen LogP) is 0.859. The molecule has 0 bridgehead atoms. The van der Waals surface area contributed by atoms with Gasteiger partial charge in [0.2, 0.25) is 10.0 Å². The van der Waals surface area contributed by atoms with Crippen molar-refractivity contribution in [1.82, 2.24) is 24.2 Å². The van der Waals surface area contributed by atoms with Crippen molar-refractivity contribution in [3.63, 3.8) is 0 Å². The number of hydrogen-bond donors (Lipinski definition) is 0. The van der Waals surface area contributed by atoms with E-state index in [9.17, 15) is 13.2 Å². The molecule has 0 aliphatic carbocycles. The highest BCUT2D eigenvalue weighted by atomic mass is 32.2. The lowest BCUT2D eigenvalue weighted by Gasteiger charge is -2.35. The first-order valence-corrected chi connectivity index (χ1v) is 11.1. The number of aryl methyl sites for hydroxylation is 1. The summed E-state index contributed by atoms with van der Waals surface area (Å²) in [6.07, 6.45) is 5.87. The molecule has 9 nitrogen and oxygen atoms in total. The maximum absolute atomic E-state index is 13.1. The van der Waals surface area contributed by atoms with Gasteiger partial charge in [0.15, 0.2) is 5.82 Å². The van der Waals surface area contributed by atoms with E-state index in [-0.39, 0.29) is 30.0 Å². The SMILES string of the molecule is Cc1nc(-c2ccncc2)ncc1S(=O)(=O)N1CCN(C(=O)C2CCCO2)CC1. The summed E-state index contributed by atoms with van der Waals surface area (Å²) in [4.78, 5) is 26.8. The number of nitrogens with zero attached hydrogens (tertiary/aromatic N) is 5. The number of hydrogen-bond acceptors (Lipinski definition) is 7. The molecule has 0 aromatic carbocycles. The van der Waals surface area contributed by atoms with Crippen LogP contribution in [0, 0.1) is 6.92 Å². The van der Waals surface area contributed by atoms with Gasteiger partial charge in [-0.05, 0) is 31.9 Å². The summed E-state index contributed by atoms with van der Waals surface area (Å²) in [6, 6.07) is 3.54. The highest BCUT2D eigenvalue weighted by Crippen LogP contribution is 2.23. The average Bonchev–Trinajstić information content (AvgIpc) is 3.28. The van der Waals surface area contributed by atoms with Crippen molar-refractivity contribution in [3.8, 4) is 11.4 Å². The number of aromatic nitrogens is 3. The van der Waals surface area contributed by atoms with Gasteiger partial charge in [0.1, 0.15) is 11.0 Å². The van der Waals surface area contributed by atoms with Crippen LogP contribution in [0.15, 0.2) is 35.6 Å². The zero-order valence-corrected chi connectivity index (χ0v) is 17.0. The molecule has 0 radical (unpaired) electrons. The van der Waals surface area contributed by atoms with Gasteiger partial charge >= 0.3 is 0 Å². The topological polar surface area (TPSA) is 106 Å². The van der Waals surface area contributed by atoms with Crippen LogP contribution < -0.4 is 0 Å². The molecular weight excluding hydrogens is 394 g/mol. The molecule has 2 aromatic heterocycles. The molecule has 2 saturated heterocycles. The number of pyridine rings is 1.